The molecule has 0 radical (unpaired) electrons. The molecule has 5 atom stereocenters. The van der Waals surface area contributed by atoms with E-state index in [0.29, 0.717) is 17.9 Å². The second-order valence-corrected chi connectivity index (χ2v) is 7.86. The summed E-state index contributed by atoms with van der Waals surface area (Å²) >= 11 is 0. The first kappa shape index (κ1) is 13.2. The number of rotatable bonds is 4. The van der Waals surface area contributed by atoms with Gasteiger partial charge in [0.15, 0.2) is 0 Å². The maximum Gasteiger partial charge on any atom is 0.294 e. The standard InChI is InChI=1S/C14H24N2O3/c1-10(19-16(17)18)14-5-11-3-12(2,7-14)6-13(4-11,8-14)9-15/h10-11H,3-9,15H2,1-2H3. The summed E-state index contributed by atoms with van der Waals surface area (Å²) in [5, 5.41) is 10.1. The molecular weight excluding hydrogens is 244 g/mol. The number of nitrogens with two attached hydrogens (primary N) is 1. The van der Waals surface area contributed by atoms with E-state index in [4.69, 9.17) is 10.6 Å². The smallest absolute Gasteiger partial charge is 0.294 e. The van der Waals surface area contributed by atoms with Crippen molar-refractivity contribution in [3.05, 3.63) is 10.1 Å². The summed E-state index contributed by atoms with van der Waals surface area (Å²) < 4.78 is 0. The van der Waals surface area contributed by atoms with Gasteiger partial charge in [-0.25, -0.2) is 0 Å². The third-order valence-electron chi connectivity index (χ3n) is 6.05. The fourth-order valence-electron chi connectivity index (χ4n) is 6.15. The van der Waals surface area contributed by atoms with Gasteiger partial charge in [0.05, 0.1) is 0 Å². The minimum atomic E-state index is -0.624. The minimum Gasteiger partial charge on any atom is -0.330 e. The average Bonchev–Trinajstić information content (AvgIpc) is 2.24. The third kappa shape index (κ3) is 1.93. The van der Waals surface area contributed by atoms with Crippen LogP contribution in [0.25, 0.3) is 0 Å². The molecule has 5 nitrogen and oxygen atoms in total. The molecular formula is C14H24N2O3. The van der Waals surface area contributed by atoms with E-state index in [9.17, 15) is 10.1 Å². The molecule has 2 N–H and O–H groups in total. The molecule has 0 aliphatic heterocycles. The molecule has 4 aliphatic carbocycles. The van der Waals surface area contributed by atoms with Gasteiger partial charge in [-0.2, -0.15) is 0 Å². The number of hydrogen-bond acceptors (Lipinski definition) is 4. The van der Waals surface area contributed by atoms with Gasteiger partial charge in [-0.1, -0.05) is 6.92 Å². The van der Waals surface area contributed by atoms with E-state index in [0.717, 1.165) is 19.3 Å². The lowest BCUT2D eigenvalue weighted by Gasteiger charge is -2.67. The lowest BCUT2D eigenvalue weighted by molar-refractivity contribution is -0.772. The van der Waals surface area contributed by atoms with Gasteiger partial charge in [0.1, 0.15) is 6.10 Å². The average molecular weight is 268 g/mol. The Morgan fingerprint density at radius 1 is 1.37 bits per heavy atom. The van der Waals surface area contributed by atoms with Crippen molar-refractivity contribution in [1.29, 1.82) is 0 Å². The second kappa shape index (κ2) is 3.84. The van der Waals surface area contributed by atoms with Gasteiger partial charge >= 0.3 is 0 Å². The van der Waals surface area contributed by atoms with E-state index in [1.54, 1.807) is 0 Å². The Bertz CT molecular complexity index is 415. The predicted octanol–water partition coefficient (Wildman–Crippen LogP) is 2.52. The van der Waals surface area contributed by atoms with Crippen LogP contribution in [0.5, 0.6) is 0 Å². The number of nitrogens with zero attached hydrogens (tertiary/aromatic N) is 1. The Labute approximate surface area is 114 Å². The first-order valence-corrected chi connectivity index (χ1v) is 7.32. The predicted molar refractivity (Wildman–Crippen MR) is 70.8 cm³/mol. The molecule has 0 aromatic rings. The van der Waals surface area contributed by atoms with E-state index in [-0.39, 0.29) is 16.9 Å². The summed E-state index contributed by atoms with van der Waals surface area (Å²) in [6.07, 6.45) is 6.52. The summed E-state index contributed by atoms with van der Waals surface area (Å²) in [5.74, 6) is 0.683. The number of hydrogen-bond donors (Lipinski definition) is 1. The zero-order chi connectivity index (χ0) is 13.9. The lowest BCUT2D eigenvalue weighted by atomic mass is 9.39. The molecule has 19 heavy (non-hydrogen) atoms. The van der Waals surface area contributed by atoms with Gasteiger partial charge < -0.3 is 10.6 Å². The summed E-state index contributed by atoms with van der Waals surface area (Å²) in [7, 11) is 0. The quantitative estimate of drug-likeness (QED) is 0.627. The van der Waals surface area contributed by atoms with Crippen molar-refractivity contribution in [2.45, 2.75) is 58.5 Å². The summed E-state index contributed by atoms with van der Waals surface area (Å²) in [6, 6.07) is 0. The molecule has 4 aliphatic rings. The Morgan fingerprint density at radius 2 is 2.11 bits per heavy atom. The highest BCUT2D eigenvalue weighted by molar-refractivity contribution is 5.13. The van der Waals surface area contributed by atoms with E-state index in [1.165, 1.54) is 19.3 Å². The molecule has 4 rings (SSSR count). The van der Waals surface area contributed by atoms with Crippen LogP contribution in [0.1, 0.15) is 52.4 Å². The minimum absolute atomic E-state index is 0.0272. The molecule has 4 bridgehead atoms. The second-order valence-electron chi connectivity index (χ2n) is 7.86. The Balaban J connectivity index is 1.92. The largest absolute Gasteiger partial charge is 0.330 e. The molecule has 0 aromatic heterocycles. The normalized spacial score (nSPS) is 49.1. The molecule has 0 aromatic carbocycles. The van der Waals surface area contributed by atoms with Crippen LogP contribution in [-0.4, -0.2) is 17.7 Å². The summed E-state index contributed by atoms with van der Waals surface area (Å²) in [6.45, 7) is 4.94. The SMILES string of the molecule is CC(O[N+](=O)[O-])C12CC3CC(C)(CC(CN)(C3)C1)C2. The summed E-state index contributed by atoms with van der Waals surface area (Å²) in [5.41, 5.74) is 6.57. The topological polar surface area (TPSA) is 78.4 Å². The van der Waals surface area contributed by atoms with E-state index in [2.05, 4.69) is 6.92 Å². The fraction of sp³-hybridized carbons (Fsp3) is 1.00. The summed E-state index contributed by atoms with van der Waals surface area (Å²) in [4.78, 5) is 15.6. The van der Waals surface area contributed by atoms with Gasteiger partial charge in [0.25, 0.3) is 5.09 Å². The highest BCUT2D eigenvalue weighted by Crippen LogP contribution is 2.70. The van der Waals surface area contributed by atoms with E-state index >= 15 is 0 Å². The van der Waals surface area contributed by atoms with Crippen LogP contribution in [0.15, 0.2) is 0 Å². The van der Waals surface area contributed by atoms with Crippen LogP contribution >= 0.6 is 0 Å². The van der Waals surface area contributed by atoms with E-state index in [1.807, 2.05) is 6.92 Å². The first-order valence-electron chi connectivity index (χ1n) is 7.32. The van der Waals surface area contributed by atoms with E-state index < -0.39 is 5.09 Å². The van der Waals surface area contributed by atoms with Crippen molar-refractivity contribution in [3.63, 3.8) is 0 Å². The third-order valence-corrected chi connectivity index (χ3v) is 6.05. The lowest BCUT2D eigenvalue weighted by Crippen LogP contribution is -2.61. The van der Waals surface area contributed by atoms with Gasteiger partial charge in [0, 0.05) is 0 Å². The molecule has 4 saturated carbocycles. The molecule has 0 heterocycles. The fourth-order valence-corrected chi connectivity index (χ4v) is 6.15. The zero-order valence-electron chi connectivity index (χ0n) is 11.9. The molecule has 5 heteroatoms. The highest BCUT2D eigenvalue weighted by atomic mass is 17.0. The van der Waals surface area contributed by atoms with Crippen LogP contribution in [0.3, 0.4) is 0 Å². The molecule has 0 saturated heterocycles. The zero-order valence-corrected chi connectivity index (χ0v) is 11.9. The van der Waals surface area contributed by atoms with Gasteiger partial charge in [0.2, 0.25) is 0 Å². The van der Waals surface area contributed by atoms with Gasteiger partial charge in [-0.15, -0.1) is 10.1 Å². The Kier molecular flexibility index (Phi) is 2.66. The van der Waals surface area contributed by atoms with Gasteiger partial charge in [-0.3, -0.25) is 0 Å². The van der Waals surface area contributed by atoms with Crippen LogP contribution in [0, 0.1) is 32.3 Å². The Hall–Kier alpha value is -0.840. The van der Waals surface area contributed by atoms with Crippen molar-refractivity contribution in [2.24, 2.45) is 27.9 Å². The van der Waals surface area contributed by atoms with Crippen LogP contribution in [0.4, 0.5) is 0 Å². The molecule has 0 spiro atoms. The van der Waals surface area contributed by atoms with Crippen molar-refractivity contribution >= 4 is 0 Å². The molecule has 0 amide bonds. The van der Waals surface area contributed by atoms with Crippen LogP contribution in [-0.2, 0) is 4.84 Å². The van der Waals surface area contributed by atoms with Crippen molar-refractivity contribution in [3.8, 4) is 0 Å². The molecule has 108 valence electrons. The van der Waals surface area contributed by atoms with Crippen LogP contribution in [0.2, 0.25) is 0 Å². The van der Waals surface area contributed by atoms with Gasteiger partial charge in [-0.05, 0) is 74.2 Å². The molecule has 4 fully saturated rings. The maximum absolute atomic E-state index is 10.7. The van der Waals surface area contributed by atoms with Crippen LogP contribution < -0.4 is 5.73 Å². The molecule has 5 unspecified atom stereocenters. The monoisotopic (exact) mass is 268 g/mol. The van der Waals surface area contributed by atoms with Crippen molar-refractivity contribution in [1.82, 2.24) is 0 Å². The van der Waals surface area contributed by atoms with Crippen molar-refractivity contribution in [2.75, 3.05) is 6.54 Å². The maximum atomic E-state index is 10.7. The first-order chi connectivity index (χ1) is 8.80. The Morgan fingerprint density at radius 3 is 2.68 bits per heavy atom. The highest BCUT2D eigenvalue weighted by Gasteiger charge is 2.63. The van der Waals surface area contributed by atoms with Crippen molar-refractivity contribution < 1.29 is 9.92 Å².